The highest BCUT2D eigenvalue weighted by Gasteiger charge is 2.33. The molecule has 2 saturated heterocycles. The third-order valence-corrected chi connectivity index (χ3v) is 5.95. The van der Waals surface area contributed by atoms with Gasteiger partial charge in [-0.25, -0.2) is 12.7 Å². The second kappa shape index (κ2) is 6.67. The van der Waals surface area contributed by atoms with Crippen molar-refractivity contribution in [2.24, 2.45) is 5.92 Å². The smallest absolute Gasteiger partial charge is 0.318 e. The van der Waals surface area contributed by atoms with E-state index in [0.29, 0.717) is 64.0 Å². The van der Waals surface area contributed by atoms with Crippen molar-refractivity contribution in [2.75, 3.05) is 50.4 Å². The van der Waals surface area contributed by atoms with E-state index in [1.807, 2.05) is 9.80 Å². The predicted molar refractivity (Wildman–Crippen MR) is 87.0 cm³/mol. The normalized spacial score (nSPS) is 21.2. The molecule has 3 rings (SSSR count). The van der Waals surface area contributed by atoms with Gasteiger partial charge >= 0.3 is 6.01 Å². The highest BCUT2D eigenvalue weighted by atomic mass is 32.2. The average Bonchev–Trinajstić information content (AvgIpc) is 3.00. The van der Waals surface area contributed by atoms with Gasteiger partial charge < -0.3 is 14.2 Å². The van der Waals surface area contributed by atoms with Crippen LogP contribution in [0.2, 0.25) is 0 Å². The van der Waals surface area contributed by atoms with Crippen LogP contribution in [-0.2, 0) is 14.8 Å². The second-order valence-electron chi connectivity index (χ2n) is 6.35. The molecule has 2 fully saturated rings. The molecule has 1 amide bonds. The molecule has 0 N–H and O–H groups in total. The SMILES string of the molecule is Cc1nnc(N2CCN(C(=O)C3CCN(S(C)(=O)=O)CC3)CC2)o1. The molecule has 0 spiro atoms. The maximum Gasteiger partial charge on any atom is 0.318 e. The lowest BCUT2D eigenvalue weighted by atomic mass is 9.96. The Morgan fingerprint density at radius 1 is 1.08 bits per heavy atom. The maximum atomic E-state index is 12.6. The fourth-order valence-corrected chi connectivity index (χ4v) is 4.10. The van der Waals surface area contributed by atoms with Gasteiger partial charge in [-0.1, -0.05) is 5.10 Å². The molecule has 134 valence electrons. The summed E-state index contributed by atoms with van der Waals surface area (Å²) in [7, 11) is -3.16. The van der Waals surface area contributed by atoms with Gasteiger partial charge in [0.1, 0.15) is 0 Å². The van der Waals surface area contributed by atoms with Crippen LogP contribution in [0.3, 0.4) is 0 Å². The van der Waals surface area contributed by atoms with Crippen molar-refractivity contribution in [3.63, 3.8) is 0 Å². The lowest BCUT2D eigenvalue weighted by molar-refractivity contribution is -0.137. The molecule has 10 heteroatoms. The van der Waals surface area contributed by atoms with Gasteiger partial charge in [0, 0.05) is 52.1 Å². The van der Waals surface area contributed by atoms with Crippen LogP contribution in [0.15, 0.2) is 4.42 Å². The largest absolute Gasteiger partial charge is 0.408 e. The minimum atomic E-state index is -3.16. The quantitative estimate of drug-likeness (QED) is 0.732. The zero-order valence-corrected chi connectivity index (χ0v) is 14.8. The minimum Gasteiger partial charge on any atom is -0.408 e. The zero-order chi connectivity index (χ0) is 17.3. The summed E-state index contributed by atoms with van der Waals surface area (Å²) in [5, 5.41) is 7.83. The van der Waals surface area contributed by atoms with E-state index in [1.54, 1.807) is 6.92 Å². The summed E-state index contributed by atoms with van der Waals surface area (Å²) >= 11 is 0. The number of piperidine rings is 1. The molecule has 0 aliphatic carbocycles. The van der Waals surface area contributed by atoms with E-state index in [-0.39, 0.29) is 11.8 Å². The summed E-state index contributed by atoms with van der Waals surface area (Å²) in [6.07, 6.45) is 2.40. The van der Waals surface area contributed by atoms with Gasteiger partial charge in [0.25, 0.3) is 0 Å². The Bertz CT molecular complexity index is 688. The van der Waals surface area contributed by atoms with Gasteiger partial charge in [-0.05, 0) is 12.8 Å². The predicted octanol–water partition coefficient (Wildman–Crippen LogP) is -0.302. The Hall–Kier alpha value is -1.68. The average molecular weight is 357 g/mol. The lowest BCUT2D eigenvalue weighted by Crippen LogP contribution is -2.52. The molecule has 9 nitrogen and oxygen atoms in total. The van der Waals surface area contributed by atoms with Crippen molar-refractivity contribution >= 4 is 21.9 Å². The Labute approximate surface area is 141 Å². The number of nitrogens with zero attached hydrogens (tertiary/aromatic N) is 5. The summed E-state index contributed by atoms with van der Waals surface area (Å²) in [6.45, 7) is 5.16. The summed E-state index contributed by atoms with van der Waals surface area (Å²) in [5.41, 5.74) is 0. The molecule has 0 atom stereocenters. The first kappa shape index (κ1) is 17.2. The Morgan fingerprint density at radius 3 is 2.21 bits per heavy atom. The summed E-state index contributed by atoms with van der Waals surface area (Å²) in [5.74, 6) is 0.575. The molecule has 2 aliphatic heterocycles. The standard InChI is InChI=1S/C14H23N5O4S/c1-11-15-16-14(23-11)18-9-7-17(8-10-18)13(20)12-3-5-19(6-4-12)24(2,21)22/h12H,3-10H2,1-2H3. The van der Waals surface area contributed by atoms with Crippen LogP contribution in [0.25, 0.3) is 0 Å². The molecule has 24 heavy (non-hydrogen) atoms. The summed E-state index contributed by atoms with van der Waals surface area (Å²) < 4.78 is 30.0. The van der Waals surface area contributed by atoms with Crippen molar-refractivity contribution in [3.05, 3.63) is 5.89 Å². The van der Waals surface area contributed by atoms with Crippen LogP contribution in [0.5, 0.6) is 0 Å². The monoisotopic (exact) mass is 357 g/mol. The number of piperazine rings is 1. The number of carbonyl (C=O) groups excluding carboxylic acids is 1. The van der Waals surface area contributed by atoms with E-state index in [4.69, 9.17) is 4.42 Å². The zero-order valence-electron chi connectivity index (χ0n) is 14.0. The van der Waals surface area contributed by atoms with Crippen molar-refractivity contribution < 1.29 is 17.6 Å². The second-order valence-corrected chi connectivity index (χ2v) is 8.33. The third-order valence-electron chi connectivity index (χ3n) is 4.65. The molecule has 0 saturated carbocycles. The molecule has 1 aromatic heterocycles. The van der Waals surface area contributed by atoms with Crippen LogP contribution in [0, 0.1) is 12.8 Å². The van der Waals surface area contributed by atoms with Crippen molar-refractivity contribution in [1.29, 1.82) is 0 Å². The number of rotatable bonds is 3. The molecule has 2 aliphatic rings. The Kier molecular flexibility index (Phi) is 4.77. The minimum absolute atomic E-state index is 0.0831. The third kappa shape index (κ3) is 3.69. The first-order valence-corrected chi connectivity index (χ1v) is 9.98. The number of sulfonamides is 1. The van der Waals surface area contributed by atoms with E-state index in [9.17, 15) is 13.2 Å². The summed E-state index contributed by atoms with van der Waals surface area (Å²) in [6, 6.07) is 0.501. The number of carbonyl (C=O) groups is 1. The van der Waals surface area contributed by atoms with E-state index in [2.05, 4.69) is 10.2 Å². The van der Waals surface area contributed by atoms with E-state index in [0.717, 1.165) is 0 Å². The van der Waals surface area contributed by atoms with Crippen molar-refractivity contribution in [1.82, 2.24) is 19.4 Å². The number of aryl methyl sites for hydroxylation is 1. The molecule has 0 bridgehead atoms. The number of aromatic nitrogens is 2. The summed E-state index contributed by atoms with van der Waals surface area (Å²) in [4.78, 5) is 16.5. The fraction of sp³-hybridized carbons (Fsp3) is 0.786. The van der Waals surface area contributed by atoms with Crippen LogP contribution >= 0.6 is 0 Å². The maximum absolute atomic E-state index is 12.6. The van der Waals surface area contributed by atoms with Crippen LogP contribution in [-0.4, -0.2) is 79.3 Å². The number of amides is 1. The Morgan fingerprint density at radius 2 is 1.71 bits per heavy atom. The first-order valence-electron chi connectivity index (χ1n) is 8.13. The van der Waals surface area contributed by atoms with Crippen molar-refractivity contribution in [2.45, 2.75) is 19.8 Å². The van der Waals surface area contributed by atoms with Crippen LogP contribution < -0.4 is 4.90 Å². The molecule has 0 aromatic carbocycles. The number of anilines is 1. The van der Waals surface area contributed by atoms with Crippen molar-refractivity contribution in [3.8, 4) is 0 Å². The van der Waals surface area contributed by atoms with Crippen LogP contribution in [0.4, 0.5) is 6.01 Å². The van der Waals surface area contributed by atoms with E-state index in [1.165, 1.54) is 10.6 Å². The fourth-order valence-electron chi connectivity index (χ4n) is 3.22. The van der Waals surface area contributed by atoms with Gasteiger partial charge in [0.05, 0.1) is 6.26 Å². The van der Waals surface area contributed by atoms with E-state index >= 15 is 0 Å². The van der Waals surface area contributed by atoms with Gasteiger partial charge in [-0.3, -0.25) is 4.79 Å². The number of hydrogen-bond acceptors (Lipinski definition) is 7. The molecular formula is C14H23N5O4S. The highest BCUT2D eigenvalue weighted by molar-refractivity contribution is 7.88. The van der Waals surface area contributed by atoms with Crippen LogP contribution in [0.1, 0.15) is 18.7 Å². The molecule has 1 aromatic rings. The van der Waals surface area contributed by atoms with Gasteiger partial charge in [-0.2, -0.15) is 0 Å². The van der Waals surface area contributed by atoms with Gasteiger partial charge in [0.15, 0.2) is 0 Å². The highest BCUT2D eigenvalue weighted by Crippen LogP contribution is 2.22. The van der Waals surface area contributed by atoms with Gasteiger partial charge in [0.2, 0.25) is 21.8 Å². The first-order chi connectivity index (χ1) is 11.3. The Balaban J connectivity index is 1.51. The molecular weight excluding hydrogens is 334 g/mol. The topological polar surface area (TPSA) is 99.9 Å². The van der Waals surface area contributed by atoms with E-state index < -0.39 is 10.0 Å². The lowest BCUT2D eigenvalue weighted by Gasteiger charge is -2.37. The van der Waals surface area contributed by atoms with Gasteiger partial charge in [-0.15, -0.1) is 5.10 Å². The molecule has 0 unspecified atom stereocenters. The number of hydrogen-bond donors (Lipinski definition) is 0. The molecule has 0 radical (unpaired) electrons. The molecule has 3 heterocycles.